The summed E-state index contributed by atoms with van der Waals surface area (Å²) in [5.74, 6) is 0.315. The van der Waals surface area contributed by atoms with Crippen molar-refractivity contribution in [1.82, 2.24) is 5.32 Å². The van der Waals surface area contributed by atoms with E-state index >= 15 is 0 Å². The van der Waals surface area contributed by atoms with Crippen LogP contribution in [0.25, 0.3) is 0 Å². The predicted octanol–water partition coefficient (Wildman–Crippen LogP) is 4.13. The smallest absolute Gasteiger partial charge is 0.316 e. The number of ketones is 1. The van der Waals surface area contributed by atoms with Crippen LogP contribution >= 0.6 is 11.8 Å². The minimum Gasteiger partial charge on any atom is -0.461 e. The molecule has 8 atom stereocenters. The number of hydrogen-bond donors (Lipinski definition) is 2. The van der Waals surface area contributed by atoms with Crippen molar-refractivity contribution in [3.8, 4) is 0 Å². The molecule has 0 aromatic rings. The van der Waals surface area contributed by atoms with Crippen molar-refractivity contribution in [3.05, 3.63) is 12.7 Å². The Labute approximate surface area is 197 Å². The lowest BCUT2D eigenvalue weighted by atomic mass is 9.46. The Balaban J connectivity index is 1.61. The topological polar surface area (TPSA) is 75.6 Å². The summed E-state index contributed by atoms with van der Waals surface area (Å²) in [5, 5.41) is 15.4. The Morgan fingerprint density at radius 2 is 2.09 bits per heavy atom. The van der Waals surface area contributed by atoms with Crippen LogP contribution in [0.1, 0.15) is 72.1 Å². The monoisotopic (exact) mass is 463 g/mol. The molecule has 2 bridgehead atoms. The lowest BCUT2D eigenvalue weighted by molar-refractivity contribution is -0.193. The van der Waals surface area contributed by atoms with Gasteiger partial charge >= 0.3 is 5.97 Å². The fraction of sp³-hybridized carbons (Fsp3) is 0.846. The van der Waals surface area contributed by atoms with Gasteiger partial charge < -0.3 is 15.2 Å². The normalized spacial score (nSPS) is 46.6. The number of Topliss-reactive ketones (excluding diaryl/α,β-unsaturated/α-hetero) is 1. The molecule has 6 heteroatoms. The van der Waals surface area contributed by atoms with Gasteiger partial charge in [-0.05, 0) is 56.4 Å². The molecule has 1 saturated heterocycles. The SMILES string of the molecule is C=C[C@]1(C)C[C@@H](OC(=O)CS[C@@H]2CCCNC2)[C@]2(C)CCCC3(CCC(=O)C32)[C@@H](C)C1O. The van der Waals surface area contributed by atoms with Crippen molar-refractivity contribution >= 4 is 23.5 Å². The first-order valence-electron chi connectivity index (χ1n) is 12.5. The van der Waals surface area contributed by atoms with Gasteiger partial charge in [-0.25, -0.2) is 0 Å². The van der Waals surface area contributed by atoms with Gasteiger partial charge in [0.15, 0.2) is 0 Å². The average molecular weight is 464 g/mol. The molecule has 3 saturated carbocycles. The summed E-state index contributed by atoms with van der Waals surface area (Å²) in [6, 6.07) is 0. The van der Waals surface area contributed by atoms with Crippen molar-refractivity contribution < 1.29 is 19.4 Å². The zero-order valence-electron chi connectivity index (χ0n) is 20.0. The zero-order chi connectivity index (χ0) is 23.1. The summed E-state index contributed by atoms with van der Waals surface area (Å²) >= 11 is 1.68. The third kappa shape index (κ3) is 3.98. The van der Waals surface area contributed by atoms with Crippen LogP contribution < -0.4 is 5.32 Å². The van der Waals surface area contributed by atoms with E-state index in [1.165, 1.54) is 0 Å². The Kier molecular flexibility index (Phi) is 6.88. The van der Waals surface area contributed by atoms with Crippen molar-refractivity contribution in [1.29, 1.82) is 0 Å². The molecule has 180 valence electrons. The van der Waals surface area contributed by atoms with Gasteiger partial charge in [-0.3, -0.25) is 9.59 Å². The van der Waals surface area contributed by atoms with Crippen LogP contribution in [-0.2, 0) is 14.3 Å². The molecule has 0 aromatic carbocycles. The van der Waals surface area contributed by atoms with Crippen molar-refractivity contribution in [3.63, 3.8) is 0 Å². The maximum absolute atomic E-state index is 13.3. The number of piperidine rings is 1. The number of hydrogen-bond acceptors (Lipinski definition) is 6. The predicted molar refractivity (Wildman–Crippen MR) is 128 cm³/mol. The third-order valence-corrected chi connectivity index (χ3v) is 10.9. The van der Waals surface area contributed by atoms with Crippen molar-refractivity contribution in [2.24, 2.45) is 28.1 Å². The van der Waals surface area contributed by atoms with Gasteiger partial charge in [0.05, 0.1) is 11.9 Å². The van der Waals surface area contributed by atoms with E-state index in [1.54, 1.807) is 11.8 Å². The molecule has 0 spiro atoms. The summed E-state index contributed by atoms with van der Waals surface area (Å²) in [7, 11) is 0. The average Bonchev–Trinajstić information content (AvgIpc) is 3.15. The van der Waals surface area contributed by atoms with Gasteiger partial charge in [0.25, 0.3) is 0 Å². The first-order valence-corrected chi connectivity index (χ1v) is 13.6. The first-order chi connectivity index (χ1) is 15.2. The number of carbonyl (C=O) groups excluding carboxylic acids is 2. The molecule has 32 heavy (non-hydrogen) atoms. The van der Waals surface area contributed by atoms with Gasteiger partial charge in [-0.15, -0.1) is 18.3 Å². The van der Waals surface area contributed by atoms with E-state index in [2.05, 4.69) is 25.7 Å². The molecule has 4 aliphatic rings. The van der Waals surface area contributed by atoms with E-state index in [0.717, 1.165) is 51.6 Å². The zero-order valence-corrected chi connectivity index (χ0v) is 20.8. The lowest BCUT2D eigenvalue weighted by Gasteiger charge is -2.59. The van der Waals surface area contributed by atoms with Crippen LogP contribution in [0.15, 0.2) is 12.7 Å². The van der Waals surface area contributed by atoms with E-state index < -0.39 is 23.0 Å². The molecule has 4 fully saturated rings. The quantitative estimate of drug-likeness (QED) is 0.472. The van der Waals surface area contributed by atoms with E-state index in [-0.39, 0.29) is 23.2 Å². The number of aliphatic hydroxyl groups is 1. The summed E-state index contributed by atoms with van der Waals surface area (Å²) in [5.41, 5.74) is -1.16. The van der Waals surface area contributed by atoms with Gasteiger partial charge in [-0.2, -0.15) is 0 Å². The van der Waals surface area contributed by atoms with Crippen LogP contribution in [0.3, 0.4) is 0 Å². The Bertz CT molecular complexity index is 752. The number of thioether (sulfide) groups is 1. The summed E-state index contributed by atoms with van der Waals surface area (Å²) in [6.07, 6.45) is 7.92. The van der Waals surface area contributed by atoms with Crippen LogP contribution in [0.4, 0.5) is 0 Å². The fourth-order valence-electron chi connectivity index (χ4n) is 7.63. The molecule has 3 aliphatic carbocycles. The van der Waals surface area contributed by atoms with Gasteiger partial charge in [-0.1, -0.05) is 33.3 Å². The third-order valence-electron chi connectivity index (χ3n) is 9.60. The van der Waals surface area contributed by atoms with Gasteiger partial charge in [0.1, 0.15) is 11.9 Å². The van der Waals surface area contributed by atoms with E-state index in [4.69, 9.17) is 4.74 Å². The molecule has 0 amide bonds. The summed E-state index contributed by atoms with van der Waals surface area (Å²) < 4.78 is 6.25. The molecule has 1 heterocycles. The molecular formula is C26H41NO4S. The minimum absolute atomic E-state index is 0.00702. The Morgan fingerprint density at radius 1 is 1.31 bits per heavy atom. The number of nitrogens with one attached hydrogen (secondary N) is 1. The number of ether oxygens (including phenoxy) is 1. The van der Waals surface area contributed by atoms with Gasteiger partial charge in [0, 0.05) is 35.0 Å². The highest BCUT2D eigenvalue weighted by Gasteiger charge is 2.66. The van der Waals surface area contributed by atoms with Crippen LogP contribution in [0.5, 0.6) is 0 Å². The summed E-state index contributed by atoms with van der Waals surface area (Å²) in [6.45, 7) is 12.4. The minimum atomic E-state index is -0.611. The molecule has 4 rings (SSSR count). The summed E-state index contributed by atoms with van der Waals surface area (Å²) in [4.78, 5) is 26.3. The Morgan fingerprint density at radius 3 is 2.78 bits per heavy atom. The van der Waals surface area contributed by atoms with E-state index in [1.807, 2.05) is 13.0 Å². The van der Waals surface area contributed by atoms with Crippen LogP contribution in [0, 0.1) is 28.1 Å². The second-order valence-electron chi connectivity index (χ2n) is 11.4. The van der Waals surface area contributed by atoms with Gasteiger partial charge in [0.2, 0.25) is 0 Å². The van der Waals surface area contributed by atoms with Crippen LogP contribution in [0.2, 0.25) is 0 Å². The van der Waals surface area contributed by atoms with Crippen LogP contribution in [-0.4, -0.2) is 53.2 Å². The highest BCUT2D eigenvalue weighted by molar-refractivity contribution is 8.00. The number of esters is 1. The lowest BCUT2D eigenvalue weighted by Crippen LogP contribution is -2.60. The molecule has 1 aliphatic heterocycles. The first kappa shape index (κ1) is 24.3. The maximum Gasteiger partial charge on any atom is 0.316 e. The molecule has 2 N–H and O–H groups in total. The van der Waals surface area contributed by atoms with E-state index in [0.29, 0.717) is 29.6 Å². The Hall–Kier alpha value is -0.850. The second kappa shape index (κ2) is 9.07. The second-order valence-corrected chi connectivity index (χ2v) is 12.7. The highest BCUT2D eigenvalue weighted by atomic mass is 32.2. The molecule has 3 unspecified atom stereocenters. The van der Waals surface area contributed by atoms with Crippen molar-refractivity contribution in [2.45, 2.75) is 89.6 Å². The largest absolute Gasteiger partial charge is 0.461 e. The standard InChI is InChI=1S/C26H41NO4S/c1-5-24(3)14-20(31-21(29)16-32-18-8-6-13-27-15-18)25(4)10-7-11-26(17(2)23(24)30)12-9-19(28)22(25)26/h5,17-18,20,22-23,27,30H,1,6-16H2,2-4H3/t17-,18+,20+,22?,23?,24+,25-,26?/m0/s1. The highest BCUT2D eigenvalue weighted by Crippen LogP contribution is 2.66. The maximum atomic E-state index is 13.3. The number of carbonyl (C=O) groups is 2. The van der Waals surface area contributed by atoms with E-state index in [9.17, 15) is 14.7 Å². The molecular weight excluding hydrogens is 422 g/mol. The van der Waals surface area contributed by atoms with Crippen molar-refractivity contribution in [2.75, 3.05) is 18.8 Å². The number of rotatable bonds is 5. The fourth-order valence-corrected chi connectivity index (χ4v) is 8.64. The molecule has 5 nitrogen and oxygen atoms in total. The molecule has 0 radical (unpaired) electrons. The molecule has 0 aromatic heterocycles. The number of aliphatic hydroxyl groups excluding tert-OH is 1.